The molecule has 4 heteroatoms. The molecule has 0 saturated heterocycles. The van der Waals surface area contributed by atoms with Crippen molar-refractivity contribution in [3.63, 3.8) is 0 Å². The van der Waals surface area contributed by atoms with E-state index in [1.807, 2.05) is 6.07 Å². The second-order valence-electron chi connectivity index (χ2n) is 4.49. The summed E-state index contributed by atoms with van der Waals surface area (Å²) in [6.45, 7) is 0.605. The Kier molecular flexibility index (Phi) is 4.32. The van der Waals surface area contributed by atoms with E-state index in [9.17, 15) is 0 Å². The molecule has 0 amide bonds. The Morgan fingerprint density at radius 3 is 2.55 bits per heavy atom. The third-order valence-corrected chi connectivity index (χ3v) is 5.88. The van der Waals surface area contributed by atoms with Crippen LogP contribution in [0, 0.1) is 0 Å². The first-order valence-corrected chi connectivity index (χ1v) is 8.44. The number of rotatable bonds is 4. The molecule has 0 aliphatic heterocycles. The maximum absolute atomic E-state index is 6.01. The normalized spacial score (nSPS) is 12.7. The topological polar surface area (TPSA) is 26.0 Å². The zero-order valence-electron chi connectivity index (χ0n) is 10.8. The predicted molar refractivity (Wildman–Crippen MR) is 90.9 cm³/mol. The van der Waals surface area contributed by atoms with Gasteiger partial charge in [-0.05, 0) is 35.0 Å². The molecular formula is C16H14ClNS2. The summed E-state index contributed by atoms with van der Waals surface area (Å²) in [5.41, 5.74) is 5.92. The number of thioether (sulfide) groups is 1. The molecule has 20 heavy (non-hydrogen) atoms. The monoisotopic (exact) mass is 319 g/mol. The van der Waals surface area contributed by atoms with E-state index >= 15 is 0 Å². The summed E-state index contributed by atoms with van der Waals surface area (Å²) in [6.07, 6.45) is 0. The lowest BCUT2D eigenvalue weighted by molar-refractivity contribution is 0.960. The maximum atomic E-state index is 6.01. The van der Waals surface area contributed by atoms with E-state index in [2.05, 4.69) is 48.5 Å². The second kappa shape index (κ2) is 6.19. The van der Waals surface area contributed by atoms with Crippen LogP contribution in [0.3, 0.4) is 0 Å². The average Bonchev–Trinajstić information content (AvgIpc) is 2.91. The molecule has 0 radical (unpaired) electrons. The van der Waals surface area contributed by atoms with Gasteiger partial charge in [-0.15, -0.1) is 23.1 Å². The average molecular weight is 320 g/mol. The van der Waals surface area contributed by atoms with Crippen molar-refractivity contribution in [1.82, 2.24) is 0 Å². The van der Waals surface area contributed by atoms with Crippen molar-refractivity contribution in [2.45, 2.75) is 10.1 Å². The van der Waals surface area contributed by atoms with Crippen LogP contribution < -0.4 is 5.73 Å². The van der Waals surface area contributed by atoms with Crippen molar-refractivity contribution < 1.29 is 0 Å². The van der Waals surface area contributed by atoms with Gasteiger partial charge in [-0.3, -0.25) is 0 Å². The number of hydrogen-bond acceptors (Lipinski definition) is 3. The van der Waals surface area contributed by atoms with Gasteiger partial charge in [0.25, 0.3) is 0 Å². The van der Waals surface area contributed by atoms with Crippen molar-refractivity contribution in [3.05, 3.63) is 63.8 Å². The van der Waals surface area contributed by atoms with Crippen LogP contribution in [-0.2, 0) is 0 Å². The number of fused-ring (bicyclic) bond motifs is 1. The van der Waals surface area contributed by atoms with E-state index in [1.165, 1.54) is 20.5 Å². The molecule has 2 N–H and O–H groups in total. The van der Waals surface area contributed by atoms with E-state index < -0.39 is 0 Å². The summed E-state index contributed by atoms with van der Waals surface area (Å²) in [5.74, 6) is 0. The van der Waals surface area contributed by atoms with Crippen molar-refractivity contribution in [2.75, 3.05) is 6.54 Å². The van der Waals surface area contributed by atoms with Crippen LogP contribution in [0.15, 0.2) is 59.5 Å². The molecule has 0 saturated carbocycles. The number of halogens is 1. The molecule has 102 valence electrons. The van der Waals surface area contributed by atoms with Gasteiger partial charge in [0.1, 0.15) is 0 Å². The number of nitrogens with two attached hydrogens (primary N) is 1. The molecule has 0 spiro atoms. The van der Waals surface area contributed by atoms with Gasteiger partial charge in [-0.25, -0.2) is 0 Å². The first-order chi connectivity index (χ1) is 9.76. The van der Waals surface area contributed by atoms with Crippen molar-refractivity contribution in [3.8, 4) is 0 Å². The summed E-state index contributed by atoms with van der Waals surface area (Å²) in [5, 5.41) is 2.78. The van der Waals surface area contributed by atoms with E-state index in [0.717, 1.165) is 4.34 Å². The van der Waals surface area contributed by atoms with Crippen LogP contribution >= 0.6 is 34.7 Å². The summed E-state index contributed by atoms with van der Waals surface area (Å²) in [7, 11) is 0. The third kappa shape index (κ3) is 3.01. The number of benzene rings is 2. The van der Waals surface area contributed by atoms with Crippen molar-refractivity contribution >= 4 is 45.5 Å². The lowest BCUT2D eigenvalue weighted by Gasteiger charge is -2.13. The van der Waals surface area contributed by atoms with Crippen LogP contribution in [0.2, 0.25) is 4.34 Å². The van der Waals surface area contributed by atoms with Gasteiger partial charge >= 0.3 is 0 Å². The lowest BCUT2D eigenvalue weighted by Crippen LogP contribution is -2.07. The van der Waals surface area contributed by atoms with Crippen molar-refractivity contribution in [1.29, 1.82) is 0 Å². The SMILES string of the molecule is NCC(Sc1ccc2ccccc2c1)c1ccc(Cl)s1. The summed E-state index contributed by atoms with van der Waals surface area (Å²) in [4.78, 5) is 2.47. The molecule has 1 unspecified atom stereocenters. The Bertz CT molecular complexity index is 723. The van der Waals surface area contributed by atoms with Gasteiger partial charge in [0.2, 0.25) is 0 Å². The Morgan fingerprint density at radius 2 is 1.85 bits per heavy atom. The summed E-state index contributed by atoms with van der Waals surface area (Å²) >= 11 is 9.42. The number of hydrogen-bond donors (Lipinski definition) is 1. The van der Waals surface area contributed by atoms with Gasteiger partial charge < -0.3 is 5.73 Å². The van der Waals surface area contributed by atoms with Gasteiger partial charge in [-0.1, -0.05) is 41.9 Å². The molecule has 0 bridgehead atoms. The van der Waals surface area contributed by atoms with E-state index in [-0.39, 0.29) is 5.25 Å². The van der Waals surface area contributed by atoms with Gasteiger partial charge in [0.15, 0.2) is 0 Å². The van der Waals surface area contributed by atoms with Crippen LogP contribution in [0.25, 0.3) is 10.8 Å². The Morgan fingerprint density at radius 1 is 1.05 bits per heavy atom. The fourth-order valence-corrected chi connectivity index (χ4v) is 4.43. The van der Waals surface area contributed by atoms with E-state index in [0.29, 0.717) is 6.54 Å². The Balaban J connectivity index is 1.87. The van der Waals surface area contributed by atoms with Gasteiger partial charge in [0.05, 0.1) is 9.59 Å². The van der Waals surface area contributed by atoms with E-state index in [4.69, 9.17) is 17.3 Å². The van der Waals surface area contributed by atoms with Crippen LogP contribution in [-0.4, -0.2) is 6.54 Å². The molecule has 2 aromatic carbocycles. The molecule has 1 aromatic heterocycles. The molecule has 3 aromatic rings. The predicted octanol–water partition coefficient (Wildman–Crippen LogP) is 5.35. The highest BCUT2D eigenvalue weighted by Crippen LogP contribution is 2.39. The minimum atomic E-state index is 0.258. The number of thiophene rings is 1. The van der Waals surface area contributed by atoms with E-state index in [1.54, 1.807) is 23.1 Å². The molecule has 1 atom stereocenters. The quantitative estimate of drug-likeness (QED) is 0.656. The first kappa shape index (κ1) is 14.0. The van der Waals surface area contributed by atoms with Gasteiger partial charge in [-0.2, -0.15) is 0 Å². The minimum absolute atomic E-state index is 0.258. The fourth-order valence-electron chi connectivity index (χ4n) is 2.13. The smallest absolute Gasteiger partial charge is 0.0931 e. The molecule has 3 rings (SSSR count). The Hall–Kier alpha value is -1.000. The van der Waals surface area contributed by atoms with Crippen molar-refractivity contribution in [2.24, 2.45) is 5.73 Å². The molecule has 1 nitrogen and oxygen atoms in total. The standard InChI is InChI=1S/C16H14ClNS2/c17-16-8-7-14(20-16)15(10-18)19-13-6-5-11-3-1-2-4-12(11)9-13/h1-9,15H,10,18H2. The zero-order valence-corrected chi connectivity index (χ0v) is 13.1. The largest absolute Gasteiger partial charge is 0.329 e. The Labute approximate surface area is 131 Å². The maximum Gasteiger partial charge on any atom is 0.0931 e. The molecular weight excluding hydrogens is 306 g/mol. The molecule has 0 fully saturated rings. The first-order valence-electron chi connectivity index (χ1n) is 6.37. The highest BCUT2D eigenvalue weighted by atomic mass is 35.5. The minimum Gasteiger partial charge on any atom is -0.329 e. The lowest BCUT2D eigenvalue weighted by atomic mass is 10.1. The van der Waals surface area contributed by atoms with Crippen LogP contribution in [0.1, 0.15) is 10.1 Å². The zero-order chi connectivity index (χ0) is 13.9. The fraction of sp³-hybridized carbons (Fsp3) is 0.125. The summed E-state index contributed by atoms with van der Waals surface area (Å²) in [6, 6.07) is 18.9. The van der Waals surface area contributed by atoms with Gasteiger partial charge in [0, 0.05) is 16.3 Å². The molecule has 0 aliphatic carbocycles. The summed E-state index contributed by atoms with van der Waals surface area (Å²) < 4.78 is 0.817. The highest BCUT2D eigenvalue weighted by Gasteiger charge is 2.14. The van der Waals surface area contributed by atoms with Crippen LogP contribution in [0.4, 0.5) is 0 Å². The second-order valence-corrected chi connectivity index (χ2v) is 7.52. The third-order valence-electron chi connectivity index (χ3n) is 3.12. The van der Waals surface area contributed by atoms with Crippen LogP contribution in [0.5, 0.6) is 0 Å². The highest BCUT2D eigenvalue weighted by molar-refractivity contribution is 7.99. The molecule has 0 aliphatic rings. The molecule has 1 heterocycles.